The molecule has 0 radical (unpaired) electrons. The van der Waals surface area contributed by atoms with E-state index in [4.69, 9.17) is 28.9 Å². The molecular formula is C57H77N9O7S. The van der Waals surface area contributed by atoms with Crippen LogP contribution in [-0.2, 0) is 46.3 Å². The average Bonchev–Trinajstić information content (AvgIpc) is 4.06. The maximum atomic E-state index is 15.2. The molecule has 4 aromatic rings. The number of methoxy groups -OCH3 is 1. The summed E-state index contributed by atoms with van der Waals surface area (Å²) in [6, 6.07) is 7.99. The molecule has 3 aromatic heterocycles. The Morgan fingerprint density at radius 2 is 1.78 bits per heavy atom. The van der Waals surface area contributed by atoms with Crippen molar-refractivity contribution in [3.05, 3.63) is 52.1 Å². The number of cyclic esters (lactones) is 1. The summed E-state index contributed by atoms with van der Waals surface area (Å²) in [4.78, 5) is 62.2. The van der Waals surface area contributed by atoms with Gasteiger partial charge in [-0.2, -0.15) is 0 Å². The molecule has 7 atom stereocenters. The highest BCUT2D eigenvalue weighted by atomic mass is 32.1. The number of esters is 1. The number of ether oxygens (including phenoxy) is 4. The quantitative estimate of drug-likeness (QED) is 0.138. The number of thiazole rings is 1. The van der Waals surface area contributed by atoms with Crippen LogP contribution in [0.4, 0.5) is 5.69 Å². The molecule has 6 aliphatic heterocycles. The number of rotatable bonds is 12. The fraction of sp³-hybridized carbons (Fsp3) is 0.667. The molecule has 398 valence electrons. The van der Waals surface area contributed by atoms with E-state index in [1.54, 1.807) is 23.5 Å². The van der Waals surface area contributed by atoms with Crippen LogP contribution in [0.15, 0.2) is 35.8 Å². The van der Waals surface area contributed by atoms with Gasteiger partial charge >= 0.3 is 5.97 Å². The number of hydrazine groups is 1. The van der Waals surface area contributed by atoms with Crippen LogP contribution in [-0.4, -0.2) is 150 Å². The summed E-state index contributed by atoms with van der Waals surface area (Å²) < 4.78 is 27.3. The molecule has 8 bridgehead atoms. The van der Waals surface area contributed by atoms with E-state index in [9.17, 15) is 9.59 Å². The van der Waals surface area contributed by atoms with E-state index >= 15 is 4.79 Å². The molecule has 8 fully saturated rings. The Hall–Kier alpha value is -4.49. The predicted molar refractivity (Wildman–Crippen MR) is 284 cm³/mol. The number of nitrogens with one attached hydrogen (secondary N) is 2. The Morgan fingerprint density at radius 1 is 1.00 bits per heavy atom. The number of nitrogens with zero attached hydrogens (tertiary/aromatic N) is 7. The summed E-state index contributed by atoms with van der Waals surface area (Å²) in [7, 11) is 1.75. The third kappa shape index (κ3) is 9.81. The minimum Gasteiger partial charge on any atom is -0.464 e. The van der Waals surface area contributed by atoms with Crippen molar-refractivity contribution in [1.29, 1.82) is 0 Å². The van der Waals surface area contributed by atoms with Gasteiger partial charge in [0, 0.05) is 117 Å². The number of aromatic nitrogens is 3. The van der Waals surface area contributed by atoms with E-state index in [1.807, 2.05) is 6.20 Å². The first kappa shape index (κ1) is 50.3. The fourth-order valence-corrected chi connectivity index (χ4v) is 14.3. The minimum atomic E-state index is -0.912. The highest BCUT2D eigenvalue weighted by molar-refractivity contribution is 7.10. The molecule has 9 aliphatic rings. The average molecular weight is 1030 g/mol. The summed E-state index contributed by atoms with van der Waals surface area (Å²) in [5.74, 6) is 0.157. The topological polar surface area (TPSA) is 156 Å². The molecule has 2 amide bonds. The Balaban J connectivity index is 1.01. The van der Waals surface area contributed by atoms with Gasteiger partial charge in [0.2, 0.25) is 5.91 Å². The monoisotopic (exact) mass is 1030 g/mol. The largest absolute Gasteiger partial charge is 0.464 e. The summed E-state index contributed by atoms with van der Waals surface area (Å²) >= 11 is 1.57. The first-order valence-electron chi connectivity index (χ1n) is 27.9. The number of piperazine rings is 1. The zero-order chi connectivity index (χ0) is 51.0. The van der Waals surface area contributed by atoms with Gasteiger partial charge in [-0.05, 0) is 106 Å². The lowest BCUT2D eigenvalue weighted by Crippen LogP contribution is -2.62. The molecule has 2 N–H and O–H groups in total. The molecule has 1 aromatic carbocycles. The SMILES string of the molecule is CO[C@@H](C)c1ncc(N2CCN(C3CC3)CC2)cc1-c1c2c3cc(ccc3n1CCOC1CCOCC1)-c1csc(n1)[C@@H](N1CC3CC1C3)[C@H](NC(=O)C1[C@@H](C)[C@H]1C)C(=O)N1CCC[C@H](N1)C(=O)OCC(C)(C)C2. The number of pyridine rings is 1. The van der Waals surface area contributed by atoms with E-state index in [0.29, 0.717) is 64.1 Å². The number of anilines is 1. The Kier molecular flexibility index (Phi) is 13.9. The Bertz CT molecular complexity index is 2730. The predicted octanol–water partition coefficient (Wildman–Crippen LogP) is 7.16. The highest BCUT2D eigenvalue weighted by Gasteiger charge is 2.54. The zero-order valence-corrected chi connectivity index (χ0v) is 45.2. The molecule has 16 nitrogen and oxygen atoms in total. The maximum Gasteiger partial charge on any atom is 0.324 e. The lowest BCUT2D eigenvalue weighted by Gasteiger charge is -2.40. The van der Waals surface area contributed by atoms with E-state index in [0.717, 1.165) is 120 Å². The van der Waals surface area contributed by atoms with Crippen LogP contribution in [0, 0.1) is 29.1 Å². The molecule has 5 saturated heterocycles. The van der Waals surface area contributed by atoms with Crippen molar-refractivity contribution < 1.29 is 33.3 Å². The van der Waals surface area contributed by atoms with Gasteiger partial charge < -0.3 is 33.7 Å². The fourth-order valence-electron chi connectivity index (χ4n) is 13.3. The van der Waals surface area contributed by atoms with Gasteiger partial charge in [0.1, 0.15) is 17.1 Å². The van der Waals surface area contributed by atoms with E-state index < -0.39 is 23.5 Å². The van der Waals surface area contributed by atoms with Gasteiger partial charge in [-0.1, -0.05) is 33.8 Å². The van der Waals surface area contributed by atoms with Crippen LogP contribution >= 0.6 is 11.3 Å². The van der Waals surface area contributed by atoms with Gasteiger partial charge in [-0.25, -0.2) is 10.4 Å². The van der Waals surface area contributed by atoms with E-state index in [-0.39, 0.29) is 54.4 Å². The number of hydrogen-bond donors (Lipinski definition) is 2. The van der Waals surface area contributed by atoms with Crippen molar-refractivity contribution in [2.45, 2.75) is 141 Å². The first-order valence-corrected chi connectivity index (χ1v) is 28.8. The van der Waals surface area contributed by atoms with Gasteiger partial charge in [-0.3, -0.25) is 34.2 Å². The van der Waals surface area contributed by atoms with Crippen molar-refractivity contribution >= 4 is 45.7 Å². The third-order valence-corrected chi connectivity index (χ3v) is 19.1. The second kappa shape index (κ2) is 20.5. The van der Waals surface area contributed by atoms with Crippen LogP contribution in [0.25, 0.3) is 33.4 Å². The summed E-state index contributed by atoms with van der Waals surface area (Å²) in [6.07, 6.45) is 10.1. The molecular weight excluding hydrogens is 955 g/mol. The van der Waals surface area contributed by atoms with Crippen LogP contribution in [0.5, 0.6) is 0 Å². The van der Waals surface area contributed by atoms with Crippen molar-refractivity contribution in [3.63, 3.8) is 0 Å². The summed E-state index contributed by atoms with van der Waals surface area (Å²) in [6.45, 7) is 18.6. The van der Waals surface area contributed by atoms with Gasteiger partial charge in [0.05, 0.1) is 60.4 Å². The number of hydrogen-bond acceptors (Lipinski definition) is 14. The molecule has 0 spiro atoms. The summed E-state index contributed by atoms with van der Waals surface area (Å²) in [5, 5.41) is 8.95. The summed E-state index contributed by atoms with van der Waals surface area (Å²) in [5.41, 5.74) is 10.9. The number of amides is 2. The molecule has 9 heterocycles. The number of carbonyl (C=O) groups is 3. The number of fused-ring (bicyclic) bond motifs is 7. The van der Waals surface area contributed by atoms with Crippen molar-refractivity contribution in [2.24, 2.45) is 29.1 Å². The Labute approximate surface area is 440 Å². The normalized spacial score (nSPS) is 30.2. The first-order chi connectivity index (χ1) is 35.8. The molecule has 3 aliphatic carbocycles. The molecule has 74 heavy (non-hydrogen) atoms. The van der Waals surface area contributed by atoms with Crippen molar-refractivity contribution in [1.82, 2.24) is 40.1 Å². The van der Waals surface area contributed by atoms with E-state index in [1.165, 1.54) is 12.8 Å². The highest BCUT2D eigenvalue weighted by Crippen LogP contribution is 2.49. The van der Waals surface area contributed by atoms with Crippen molar-refractivity contribution in [2.75, 3.05) is 77.7 Å². The minimum absolute atomic E-state index is 0.0922. The molecule has 13 rings (SSSR count). The lowest BCUT2D eigenvalue weighted by atomic mass is 9.84. The van der Waals surface area contributed by atoms with Crippen LogP contribution in [0.3, 0.4) is 0 Å². The molecule has 3 saturated carbocycles. The van der Waals surface area contributed by atoms with Crippen LogP contribution < -0.4 is 15.6 Å². The molecule has 1 unspecified atom stereocenters. The number of benzene rings is 1. The van der Waals surface area contributed by atoms with Crippen LogP contribution in [0.2, 0.25) is 0 Å². The molecule has 17 heteroatoms. The van der Waals surface area contributed by atoms with Gasteiger partial charge in [-0.15, -0.1) is 11.3 Å². The van der Waals surface area contributed by atoms with Gasteiger partial charge in [0.15, 0.2) is 0 Å². The van der Waals surface area contributed by atoms with Gasteiger partial charge in [0.25, 0.3) is 5.91 Å². The smallest absolute Gasteiger partial charge is 0.324 e. The third-order valence-electron chi connectivity index (χ3n) is 18.2. The number of carbonyl (C=O) groups excluding carboxylic acids is 3. The zero-order valence-electron chi connectivity index (χ0n) is 44.4. The second-order valence-electron chi connectivity index (χ2n) is 23.8. The Morgan fingerprint density at radius 3 is 2.50 bits per heavy atom. The van der Waals surface area contributed by atoms with Crippen LogP contribution in [0.1, 0.15) is 114 Å². The maximum absolute atomic E-state index is 15.2. The second-order valence-corrected chi connectivity index (χ2v) is 24.7. The lowest BCUT2D eigenvalue weighted by molar-refractivity contribution is -0.156. The van der Waals surface area contributed by atoms with Crippen molar-refractivity contribution in [3.8, 4) is 22.5 Å². The van der Waals surface area contributed by atoms with E-state index in [2.05, 4.69) is 94.3 Å². The standard InChI is InChI=1S/C57H77N9O7S/c1-33-34(2)48(33)53(67)60-50-52(65-30-36-24-39(65)25-36)54-59-46(31-74-54)37-9-12-47-42(26-37)44(28-57(4,5)32-73-56(69)45-8-7-15-66(61-45)55(50)68)51(64(47)20-23-72-41-13-21-71-22-14-41)43-27-40(29-58-49(43)35(3)70-6)63-18-16-62(17-19-63)38-10-11-38/h9,12,26-27,29,31,33-36,38-39,41,45,48,50,52,61H,7-8,10-11,13-25,28,30,32H2,1-6H3,(H,60,67)/t33-,34+,35-,36?,39?,45-,48?,50-,52-/m0/s1.